The predicted octanol–water partition coefficient (Wildman–Crippen LogP) is 2.74. The minimum absolute atomic E-state index is 0.0376. The first-order chi connectivity index (χ1) is 16.0. The van der Waals surface area contributed by atoms with Crippen molar-refractivity contribution in [2.75, 3.05) is 19.5 Å². The Morgan fingerprint density at radius 2 is 1.85 bits per heavy atom. The van der Waals surface area contributed by atoms with E-state index in [9.17, 15) is 14.4 Å². The van der Waals surface area contributed by atoms with Crippen LogP contribution in [0.4, 0.5) is 5.13 Å². The molecular formula is C22H19N5O5S. The van der Waals surface area contributed by atoms with Crippen molar-refractivity contribution in [2.24, 2.45) is 0 Å². The minimum Gasteiger partial charge on any atom is -0.496 e. The van der Waals surface area contributed by atoms with E-state index in [1.165, 1.54) is 14.2 Å². The Kier molecular flexibility index (Phi) is 6.41. The molecule has 0 saturated carbocycles. The molecule has 33 heavy (non-hydrogen) atoms. The lowest BCUT2D eigenvalue weighted by atomic mass is 10.1. The average Bonchev–Trinajstić information content (AvgIpc) is 3.26. The van der Waals surface area contributed by atoms with Crippen molar-refractivity contribution in [3.8, 4) is 16.2 Å². The van der Waals surface area contributed by atoms with Crippen LogP contribution in [0.15, 0.2) is 53.3 Å². The average molecular weight is 465 g/mol. The van der Waals surface area contributed by atoms with Crippen LogP contribution in [0.3, 0.4) is 0 Å². The van der Waals surface area contributed by atoms with Crippen LogP contribution in [-0.4, -0.2) is 46.1 Å². The number of aryl methyl sites for hydroxylation is 1. The highest BCUT2D eigenvalue weighted by Crippen LogP contribution is 2.38. The number of esters is 1. The molecule has 0 bridgehead atoms. The number of hydrogen-bond acceptors (Lipinski definition) is 9. The second kappa shape index (κ2) is 9.57. The number of nitrogens with one attached hydrogen (secondary N) is 1. The first-order valence-corrected chi connectivity index (χ1v) is 10.7. The number of thiazole rings is 1. The summed E-state index contributed by atoms with van der Waals surface area (Å²) in [5, 5.41) is 11.2. The molecule has 168 valence electrons. The molecule has 2 aromatic carbocycles. The molecule has 0 aliphatic carbocycles. The summed E-state index contributed by atoms with van der Waals surface area (Å²) in [4.78, 5) is 42.1. The highest BCUT2D eigenvalue weighted by molar-refractivity contribution is 7.19. The number of carbonyl (C=O) groups is 2. The van der Waals surface area contributed by atoms with Crippen LogP contribution in [0.1, 0.15) is 16.9 Å². The maximum absolute atomic E-state index is 12.5. The van der Waals surface area contributed by atoms with E-state index in [0.717, 1.165) is 16.0 Å². The molecule has 0 unspecified atom stereocenters. The van der Waals surface area contributed by atoms with Crippen molar-refractivity contribution in [1.29, 1.82) is 0 Å². The van der Waals surface area contributed by atoms with Crippen LogP contribution in [0.2, 0.25) is 0 Å². The van der Waals surface area contributed by atoms with Gasteiger partial charge in [0, 0.05) is 12.0 Å². The number of benzene rings is 2. The second-order valence-corrected chi connectivity index (χ2v) is 7.82. The third-order valence-electron chi connectivity index (χ3n) is 4.78. The zero-order chi connectivity index (χ0) is 23.4. The molecule has 0 atom stereocenters. The fourth-order valence-electron chi connectivity index (χ4n) is 3.18. The molecule has 10 nitrogen and oxygen atoms in total. The van der Waals surface area contributed by atoms with Crippen molar-refractivity contribution in [1.82, 2.24) is 20.0 Å². The summed E-state index contributed by atoms with van der Waals surface area (Å²) in [5.41, 5.74) is 0.884. The fourth-order valence-corrected chi connectivity index (χ4v) is 4.18. The number of para-hydroxylation sites is 1. The topological polar surface area (TPSA) is 125 Å². The van der Waals surface area contributed by atoms with E-state index in [1.807, 2.05) is 6.07 Å². The van der Waals surface area contributed by atoms with Gasteiger partial charge in [0.1, 0.15) is 11.3 Å². The van der Waals surface area contributed by atoms with E-state index in [1.54, 1.807) is 42.5 Å². The summed E-state index contributed by atoms with van der Waals surface area (Å²) in [7, 11) is 2.78. The van der Waals surface area contributed by atoms with E-state index >= 15 is 0 Å². The van der Waals surface area contributed by atoms with Crippen LogP contribution in [-0.2, 0) is 16.1 Å². The van der Waals surface area contributed by atoms with Crippen LogP contribution in [0.5, 0.6) is 5.75 Å². The molecular weight excluding hydrogens is 446 g/mol. The van der Waals surface area contributed by atoms with Gasteiger partial charge < -0.3 is 14.8 Å². The predicted molar refractivity (Wildman–Crippen MR) is 122 cm³/mol. The second-order valence-electron chi connectivity index (χ2n) is 6.82. The van der Waals surface area contributed by atoms with Crippen molar-refractivity contribution in [2.45, 2.75) is 13.0 Å². The van der Waals surface area contributed by atoms with Gasteiger partial charge in [-0.1, -0.05) is 40.8 Å². The normalized spacial score (nSPS) is 10.7. The molecule has 2 heterocycles. The summed E-state index contributed by atoms with van der Waals surface area (Å²) >= 11 is 1.12. The Morgan fingerprint density at radius 1 is 1.09 bits per heavy atom. The molecule has 2 aromatic heterocycles. The zero-order valence-corrected chi connectivity index (χ0v) is 18.6. The largest absolute Gasteiger partial charge is 0.496 e. The lowest BCUT2D eigenvalue weighted by molar-refractivity contribution is -0.116. The van der Waals surface area contributed by atoms with E-state index in [-0.39, 0.29) is 29.4 Å². The number of hydrogen-bond donors (Lipinski definition) is 1. The van der Waals surface area contributed by atoms with Crippen molar-refractivity contribution in [3.05, 3.63) is 64.6 Å². The Labute approximate surface area is 191 Å². The number of amides is 1. The molecule has 4 aromatic rings. The Balaban J connectivity index is 1.54. The van der Waals surface area contributed by atoms with Crippen LogP contribution >= 0.6 is 11.3 Å². The van der Waals surface area contributed by atoms with Gasteiger partial charge in [-0.15, -0.1) is 5.10 Å². The Morgan fingerprint density at radius 3 is 2.64 bits per heavy atom. The molecule has 0 radical (unpaired) electrons. The van der Waals surface area contributed by atoms with Gasteiger partial charge >= 0.3 is 5.97 Å². The fraction of sp³-hybridized carbons (Fsp3) is 0.182. The summed E-state index contributed by atoms with van der Waals surface area (Å²) in [6.45, 7) is 0.0388. The number of ether oxygens (including phenoxy) is 2. The molecule has 11 heteroatoms. The summed E-state index contributed by atoms with van der Waals surface area (Å²) in [6, 6.07) is 14.0. The first kappa shape index (κ1) is 22.1. The van der Waals surface area contributed by atoms with Crippen molar-refractivity contribution in [3.63, 3.8) is 0 Å². The molecule has 0 saturated heterocycles. The van der Waals surface area contributed by atoms with E-state index in [4.69, 9.17) is 9.47 Å². The Hall–Kier alpha value is -4.12. The van der Waals surface area contributed by atoms with E-state index in [0.29, 0.717) is 27.1 Å². The van der Waals surface area contributed by atoms with E-state index in [2.05, 4.69) is 20.6 Å². The summed E-state index contributed by atoms with van der Waals surface area (Å²) in [5.74, 6) is -0.474. The summed E-state index contributed by atoms with van der Waals surface area (Å²) in [6.07, 6.45) is -0.0376. The molecule has 0 aliphatic rings. The SMILES string of the molecule is COC(=O)c1nc(NC(=O)CCn2nnc3ccccc3c2=O)sc1-c1ccccc1OC. The molecule has 4 rings (SSSR count). The van der Waals surface area contributed by atoms with Crippen molar-refractivity contribution < 1.29 is 19.1 Å². The third kappa shape index (κ3) is 4.58. The highest BCUT2D eigenvalue weighted by Gasteiger charge is 2.23. The van der Waals surface area contributed by atoms with Gasteiger partial charge in [-0.05, 0) is 24.3 Å². The number of nitrogens with zero attached hydrogens (tertiary/aromatic N) is 4. The number of methoxy groups -OCH3 is 2. The maximum atomic E-state index is 12.5. The van der Waals surface area contributed by atoms with Crippen molar-refractivity contribution >= 4 is 39.2 Å². The van der Waals surface area contributed by atoms with Gasteiger partial charge in [0.15, 0.2) is 10.8 Å². The van der Waals surface area contributed by atoms with Gasteiger partial charge in [0.25, 0.3) is 5.56 Å². The van der Waals surface area contributed by atoms with Gasteiger partial charge in [0.2, 0.25) is 5.91 Å². The minimum atomic E-state index is -0.634. The molecule has 0 fully saturated rings. The lowest BCUT2D eigenvalue weighted by Crippen LogP contribution is -2.26. The highest BCUT2D eigenvalue weighted by atomic mass is 32.1. The smallest absolute Gasteiger partial charge is 0.358 e. The van der Waals surface area contributed by atoms with Gasteiger partial charge in [-0.2, -0.15) is 0 Å². The maximum Gasteiger partial charge on any atom is 0.358 e. The van der Waals surface area contributed by atoms with Gasteiger partial charge in [-0.25, -0.2) is 14.5 Å². The zero-order valence-electron chi connectivity index (χ0n) is 17.8. The van der Waals surface area contributed by atoms with Crippen LogP contribution in [0.25, 0.3) is 21.3 Å². The first-order valence-electron chi connectivity index (χ1n) is 9.86. The quantitative estimate of drug-likeness (QED) is 0.413. The van der Waals surface area contributed by atoms with Gasteiger partial charge in [-0.3, -0.25) is 9.59 Å². The number of carbonyl (C=O) groups excluding carboxylic acids is 2. The summed E-state index contributed by atoms with van der Waals surface area (Å²) < 4.78 is 11.4. The third-order valence-corrected chi connectivity index (χ3v) is 5.79. The van der Waals surface area contributed by atoms with Crippen LogP contribution in [0, 0.1) is 0 Å². The number of fused-ring (bicyclic) bond motifs is 1. The lowest BCUT2D eigenvalue weighted by Gasteiger charge is -2.07. The monoisotopic (exact) mass is 465 g/mol. The number of rotatable bonds is 7. The standard InChI is InChI=1S/C22H19N5O5S/c1-31-16-10-6-4-8-14(16)19-18(21(30)32-2)24-22(33-19)23-17(28)11-12-27-20(29)13-7-3-5-9-15(13)25-26-27/h3-10H,11-12H2,1-2H3,(H,23,24,28). The number of aromatic nitrogens is 4. The molecule has 1 N–H and O–H groups in total. The number of anilines is 1. The van der Waals surface area contributed by atoms with Crippen LogP contribution < -0.4 is 15.6 Å². The van der Waals surface area contributed by atoms with Gasteiger partial charge in [0.05, 0.1) is 31.0 Å². The Bertz CT molecular complexity index is 1400. The molecule has 1 amide bonds. The molecule has 0 spiro atoms. The van der Waals surface area contributed by atoms with E-state index < -0.39 is 11.9 Å². The molecule has 0 aliphatic heterocycles.